The van der Waals surface area contributed by atoms with Gasteiger partial charge in [0.05, 0.1) is 24.7 Å². The molecule has 1 atom stereocenters. The van der Waals surface area contributed by atoms with Gasteiger partial charge in [0.25, 0.3) is 0 Å². The topological polar surface area (TPSA) is 92.3 Å². The number of likely N-dealkylation sites (tertiary alicyclic amines) is 1. The first-order chi connectivity index (χ1) is 14.0. The maximum atomic E-state index is 12.4. The van der Waals surface area contributed by atoms with Crippen molar-refractivity contribution in [1.29, 1.82) is 0 Å². The molecule has 2 heterocycles. The lowest BCUT2D eigenvalue weighted by molar-refractivity contribution is 0.156. The number of methoxy groups -OCH3 is 1. The first-order valence-corrected chi connectivity index (χ1v) is 11.6. The van der Waals surface area contributed by atoms with Gasteiger partial charge in [-0.2, -0.15) is 0 Å². The van der Waals surface area contributed by atoms with Crippen molar-refractivity contribution in [3.8, 4) is 0 Å². The van der Waals surface area contributed by atoms with Gasteiger partial charge in [0.2, 0.25) is 10.0 Å². The molecule has 8 nitrogen and oxygen atoms in total. The van der Waals surface area contributed by atoms with E-state index < -0.39 is 10.0 Å². The molecule has 0 aliphatic carbocycles. The third-order valence-corrected chi connectivity index (χ3v) is 6.93. The number of nitrogens with one attached hydrogen (secondary N) is 2. The Balaban J connectivity index is 0.00000320. The number of guanidine groups is 1. The minimum atomic E-state index is -3.55. The predicted octanol–water partition coefficient (Wildman–Crippen LogP) is 1.81. The Morgan fingerprint density at radius 1 is 1.37 bits per heavy atom. The maximum absolute atomic E-state index is 12.4. The number of nitrogens with zero attached hydrogens (tertiary/aromatic N) is 2. The average Bonchev–Trinajstić information content (AvgIpc) is 3.35. The summed E-state index contributed by atoms with van der Waals surface area (Å²) >= 11 is 0. The van der Waals surface area contributed by atoms with E-state index in [-0.39, 0.29) is 40.8 Å². The Morgan fingerprint density at radius 3 is 2.90 bits per heavy atom. The first kappa shape index (κ1) is 25.3. The third kappa shape index (κ3) is 6.52. The number of benzene rings is 1. The highest BCUT2D eigenvalue weighted by Crippen LogP contribution is 2.38. The number of hydrogen-bond donors (Lipinski definition) is 2. The number of sulfonamides is 1. The molecule has 10 heteroatoms. The van der Waals surface area contributed by atoms with Gasteiger partial charge in [0, 0.05) is 45.3 Å². The van der Waals surface area contributed by atoms with Crippen molar-refractivity contribution in [2.75, 3.05) is 53.1 Å². The van der Waals surface area contributed by atoms with E-state index in [1.807, 2.05) is 6.07 Å². The molecule has 3 rings (SSSR count). The largest absolute Gasteiger partial charge is 0.383 e. The number of ether oxygens (including phenoxy) is 2. The summed E-state index contributed by atoms with van der Waals surface area (Å²) in [5.74, 6) is 0.878. The van der Waals surface area contributed by atoms with Crippen molar-refractivity contribution in [1.82, 2.24) is 14.9 Å². The van der Waals surface area contributed by atoms with Crippen LogP contribution in [0.25, 0.3) is 0 Å². The molecular weight excluding hydrogens is 519 g/mol. The van der Waals surface area contributed by atoms with Gasteiger partial charge in [-0.15, -0.1) is 24.0 Å². The summed E-state index contributed by atoms with van der Waals surface area (Å²) in [6, 6.07) is 6.93. The molecule has 0 amide bonds. The highest BCUT2D eigenvalue weighted by atomic mass is 127. The van der Waals surface area contributed by atoms with Crippen molar-refractivity contribution in [2.24, 2.45) is 10.4 Å². The molecule has 2 aliphatic heterocycles. The van der Waals surface area contributed by atoms with Crippen molar-refractivity contribution in [3.05, 3.63) is 29.8 Å². The molecular formula is C20H33IN4O4S. The highest BCUT2D eigenvalue weighted by molar-refractivity contribution is 14.0. The van der Waals surface area contributed by atoms with Gasteiger partial charge in [-0.1, -0.05) is 12.1 Å². The minimum Gasteiger partial charge on any atom is -0.383 e. The fourth-order valence-electron chi connectivity index (χ4n) is 3.85. The molecule has 0 saturated carbocycles. The molecule has 1 unspecified atom stereocenters. The van der Waals surface area contributed by atoms with E-state index in [0.717, 1.165) is 57.2 Å². The molecule has 0 bridgehead atoms. The summed E-state index contributed by atoms with van der Waals surface area (Å²) in [5, 5.41) is 3.37. The second kappa shape index (κ2) is 11.6. The van der Waals surface area contributed by atoms with Crippen LogP contribution in [0.4, 0.5) is 0 Å². The number of rotatable bonds is 8. The van der Waals surface area contributed by atoms with Crippen LogP contribution in [-0.2, 0) is 26.0 Å². The van der Waals surface area contributed by atoms with E-state index in [2.05, 4.69) is 21.9 Å². The molecule has 1 aromatic carbocycles. The second-order valence-corrected chi connectivity index (χ2v) is 9.45. The van der Waals surface area contributed by atoms with E-state index in [9.17, 15) is 8.42 Å². The normalized spacial score (nSPS) is 21.8. The number of hydrogen-bond acceptors (Lipinski definition) is 5. The molecule has 2 aliphatic rings. The standard InChI is InChI=1S/C20H32N4O4S.HI/c1-3-21-19(24-10-7-20(15-24)8-11-28-16-20)22-14-17-5-4-6-18(13-17)29(25,26)23-9-12-27-2;/h4-6,13,23H,3,7-12,14-16H2,1-2H3,(H,21,22);1H. The molecule has 1 aromatic rings. The summed E-state index contributed by atoms with van der Waals surface area (Å²) in [5.41, 5.74) is 1.12. The lowest BCUT2D eigenvalue weighted by Crippen LogP contribution is -2.41. The summed E-state index contributed by atoms with van der Waals surface area (Å²) in [6.07, 6.45) is 2.23. The Kier molecular flexibility index (Phi) is 9.79. The van der Waals surface area contributed by atoms with Crippen LogP contribution in [0.5, 0.6) is 0 Å². The lowest BCUT2D eigenvalue weighted by Gasteiger charge is -2.25. The molecule has 0 radical (unpaired) electrons. The molecule has 1 spiro atoms. The smallest absolute Gasteiger partial charge is 0.240 e. The minimum absolute atomic E-state index is 0. The Bertz CT molecular complexity index is 813. The molecule has 0 aromatic heterocycles. The number of aliphatic imine (C=N–C) groups is 1. The van der Waals surface area contributed by atoms with E-state index in [1.54, 1.807) is 18.2 Å². The fraction of sp³-hybridized carbons (Fsp3) is 0.650. The van der Waals surface area contributed by atoms with Gasteiger partial charge in [-0.3, -0.25) is 0 Å². The molecule has 170 valence electrons. The molecule has 2 N–H and O–H groups in total. The van der Waals surface area contributed by atoms with Gasteiger partial charge < -0.3 is 19.7 Å². The average molecular weight is 552 g/mol. The van der Waals surface area contributed by atoms with Crippen molar-refractivity contribution >= 4 is 40.0 Å². The predicted molar refractivity (Wildman–Crippen MR) is 128 cm³/mol. The third-order valence-electron chi connectivity index (χ3n) is 5.48. The van der Waals surface area contributed by atoms with Crippen LogP contribution in [0.3, 0.4) is 0 Å². The fourth-order valence-corrected chi connectivity index (χ4v) is 4.93. The van der Waals surface area contributed by atoms with Gasteiger partial charge in [0.1, 0.15) is 0 Å². The van der Waals surface area contributed by atoms with E-state index >= 15 is 0 Å². The lowest BCUT2D eigenvalue weighted by atomic mass is 9.87. The molecule has 30 heavy (non-hydrogen) atoms. The zero-order valence-electron chi connectivity index (χ0n) is 17.7. The zero-order chi connectivity index (χ0) is 20.7. The van der Waals surface area contributed by atoms with E-state index in [1.165, 1.54) is 7.11 Å². The molecule has 2 fully saturated rings. The van der Waals surface area contributed by atoms with Crippen LogP contribution < -0.4 is 10.0 Å². The van der Waals surface area contributed by atoms with Crippen molar-refractivity contribution in [3.63, 3.8) is 0 Å². The first-order valence-electron chi connectivity index (χ1n) is 10.2. The van der Waals surface area contributed by atoms with Crippen LogP contribution in [0, 0.1) is 5.41 Å². The van der Waals surface area contributed by atoms with Crippen LogP contribution in [0.2, 0.25) is 0 Å². The van der Waals surface area contributed by atoms with Gasteiger partial charge in [-0.25, -0.2) is 18.1 Å². The van der Waals surface area contributed by atoms with Crippen molar-refractivity contribution < 1.29 is 17.9 Å². The maximum Gasteiger partial charge on any atom is 0.240 e. The van der Waals surface area contributed by atoms with E-state index in [0.29, 0.717) is 13.2 Å². The summed E-state index contributed by atoms with van der Waals surface area (Å²) in [4.78, 5) is 7.32. The Hall–Kier alpha value is -0.950. The van der Waals surface area contributed by atoms with Crippen LogP contribution >= 0.6 is 24.0 Å². The SMILES string of the molecule is CCNC(=NCc1cccc(S(=O)(=O)NCCOC)c1)N1CCC2(CCOC2)C1.I. The summed E-state index contributed by atoms with van der Waals surface area (Å²) in [6.45, 7) is 7.44. The van der Waals surface area contributed by atoms with Crippen molar-refractivity contribution in [2.45, 2.75) is 31.2 Å². The van der Waals surface area contributed by atoms with Crippen LogP contribution in [-0.4, -0.2) is 72.4 Å². The quantitative estimate of drug-likeness (QED) is 0.221. The van der Waals surface area contributed by atoms with E-state index in [4.69, 9.17) is 14.5 Å². The Morgan fingerprint density at radius 2 is 2.20 bits per heavy atom. The zero-order valence-corrected chi connectivity index (χ0v) is 20.9. The van der Waals surface area contributed by atoms with Gasteiger partial charge in [0.15, 0.2) is 5.96 Å². The van der Waals surface area contributed by atoms with Crippen LogP contribution in [0.15, 0.2) is 34.2 Å². The van der Waals surface area contributed by atoms with Gasteiger partial charge >= 0.3 is 0 Å². The summed E-state index contributed by atoms with van der Waals surface area (Å²) < 4.78 is 37.9. The molecule has 2 saturated heterocycles. The summed E-state index contributed by atoms with van der Waals surface area (Å²) in [7, 11) is -2.01. The number of halogens is 1. The van der Waals surface area contributed by atoms with Crippen LogP contribution in [0.1, 0.15) is 25.3 Å². The van der Waals surface area contributed by atoms with Gasteiger partial charge in [-0.05, 0) is 37.5 Å². The highest BCUT2D eigenvalue weighted by Gasteiger charge is 2.42. The Labute approximate surface area is 196 Å². The monoisotopic (exact) mass is 552 g/mol. The second-order valence-electron chi connectivity index (χ2n) is 7.68.